The highest BCUT2D eigenvalue weighted by Gasteiger charge is 2.18. The lowest BCUT2D eigenvalue weighted by molar-refractivity contribution is 0.0498. The highest BCUT2D eigenvalue weighted by Crippen LogP contribution is 2.32. The Kier molecular flexibility index (Phi) is 3.38. The molecule has 0 amide bonds. The lowest BCUT2D eigenvalue weighted by Gasteiger charge is -2.07. The molecule has 0 heterocycles. The first kappa shape index (κ1) is 11.2. The summed E-state index contributed by atoms with van der Waals surface area (Å²) in [5.74, 6) is -2.15. The van der Waals surface area contributed by atoms with Gasteiger partial charge < -0.3 is 20.1 Å². The molecule has 0 unspecified atom stereocenters. The Morgan fingerprint density at radius 2 is 1.80 bits per heavy atom. The first-order valence-corrected chi connectivity index (χ1v) is 4.48. The summed E-state index contributed by atoms with van der Waals surface area (Å²) in [5.41, 5.74) is -0.332. The first-order chi connectivity index (χ1) is 7.06. The van der Waals surface area contributed by atoms with Crippen LogP contribution in [-0.4, -0.2) is 27.9 Å². The highest BCUT2D eigenvalue weighted by molar-refractivity contribution is 5.95. The van der Waals surface area contributed by atoms with E-state index in [9.17, 15) is 15.0 Å². The molecule has 0 aliphatic carbocycles. The number of phenols is 3. The van der Waals surface area contributed by atoms with E-state index >= 15 is 0 Å². The smallest absolute Gasteiger partial charge is 0.345 e. The maximum Gasteiger partial charge on any atom is 0.345 e. The lowest BCUT2D eigenvalue weighted by atomic mass is 10.1. The molecule has 1 rings (SSSR count). The molecule has 0 aliphatic heterocycles. The van der Waals surface area contributed by atoms with Crippen molar-refractivity contribution in [1.82, 2.24) is 0 Å². The molecule has 3 N–H and O–H groups in total. The molecular weight excluding hydrogens is 200 g/mol. The molecular formula is C10H12O5. The van der Waals surface area contributed by atoms with Crippen LogP contribution in [0.4, 0.5) is 0 Å². The van der Waals surface area contributed by atoms with Gasteiger partial charge in [0.25, 0.3) is 0 Å². The Hall–Kier alpha value is -1.91. The number of esters is 1. The number of carbonyl (C=O) groups excluding carboxylic acids is 1. The average molecular weight is 212 g/mol. The molecule has 5 nitrogen and oxygen atoms in total. The van der Waals surface area contributed by atoms with Crippen molar-refractivity contribution in [3.05, 3.63) is 17.7 Å². The molecule has 0 saturated heterocycles. The number of ether oxygens (including phenoxy) is 1. The van der Waals surface area contributed by atoms with E-state index in [1.165, 1.54) is 0 Å². The summed E-state index contributed by atoms with van der Waals surface area (Å²) in [5, 5.41) is 27.6. The molecule has 5 heteroatoms. The Bertz CT molecular complexity index is 349. The van der Waals surface area contributed by atoms with E-state index in [0.29, 0.717) is 6.42 Å². The molecule has 0 aliphatic rings. The molecule has 15 heavy (non-hydrogen) atoms. The van der Waals surface area contributed by atoms with Gasteiger partial charge in [0.1, 0.15) is 22.8 Å². The maximum absolute atomic E-state index is 11.3. The normalized spacial score (nSPS) is 9.93. The van der Waals surface area contributed by atoms with Crippen LogP contribution >= 0.6 is 0 Å². The minimum Gasteiger partial charge on any atom is -0.508 e. The zero-order chi connectivity index (χ0) is 11.4. The van der Waals surface area contributed by atoms with E-state index in [2.05, 4.69) is 0 Å². The predicted molar refractivity (Wildman–Crippen MR) is 52.0 cm³/mol. The Morgan fingerprint density at radius 3 is 2.27 bits per heavy atom. The van der Waals surface area contributed by atoms with Crippen molar-refractivity contribution in [2.45, 2.75) is 13.3 Å². The second-order valence-electron chi connectivity index (χ2n) is 2.99. The average Bonchev–Trinajstić information content (AvgIpc) is 2.12. The van der Waals surface area contributed by atoms with Crippen molar-refractivity contribution in [2.24, 2.45) is 0 Å². The second-order valence-corrected chi connectivity index (χ2v) is 2.99. The monoisotopic (exact) mass is 212 g/mol. The zero-order valence-electron chi connectivity index (χ0n) is 8.23. The largest absolute Gasteiger partial charge is 0.508 e. The van der Waals surface area contributed by atoms with Crippen LogP contribution in [0, 0.1) is 0 Å². The minimum absolute atomic E-state index is 0.207. The molecule has 0 saturated carbocycles. The standard InChI is InChI=1S/C10H12O5/c1-2-3-15-10(14)9-7(12)4-6(11)5-8(9)13/h4-5,11-13H,2-3H2,1H3. The predicted octanol–water partition coefficient (Wildman–Crippen LogP) is 1.37. The van der Waals surface area contributed by atoms with Crippen LogP contribution in [-0.2, 0) is 4.74 Å². The molecule has 0 bridgehead atoms. The summed E-state index contributed by atoms with van der Waals surface area (Å²) in [7, 11) is 0. The van der Waals surface area contributed by atoms with E-state index in [0.717, 1.165) is 12.1 Å². The topological polar surface area (TPSA) is 87.0 Å². The summed E-state index contributed by atoms with van der Waals surface area (Å²) in [6, 6.07) is 1.92. The van der Waals surface area contributed by atoms with Gasteiger partial charge >= 0.3 is 5.97 Å². The molecule has 0 fully saturated rings. The van der Waals surface area contributed by atoms with Crippen molar-refractivity contribution in [3.8, 4) is 17.2 Å². The quantitative estimate of drug-likeness (QED) is 0.658. The summed E-state index contributed by atoms with van der Waals surface area (Å²) in [6.07, 6.45) is 0.644. The zero-order valence-corrected chi connectivity index (χ0v) is 8.23. The number of benzene rings is 1. The van der Waals surface area contributed by atoms with E-state index in [4.69, 9.17) is 9.84 Å². The van der Waals surface area contributed by atoms with Gasteiger partial charge in [-0.3, -0.25) is 0 Å². The lowest BCUT2D eigenvalue weighted by Crippen LogP contribution is -2.06. The first-order valence-electron chi connectivity index (χ1n) is 4.48. The van der Waals surface area contributed by atoms with Crippen molar-refractivity contribution in [2.75, 3.05) is 6.61 Å². The number of aromatic hydroxyl groups is 3. The number of rotatable bonds is 3. The van der Waals surface area contributed by atoms with Gasteiger partial charge in [0.2, 0.25) is 0 Å². The summed E-state index contributed by atoms with van der Waals surface area (Å²) in [6.45, 7) is 2.03. The molecule has 1 aromatic rings. The van der Waals surface area contributed by atoms with Crippen LogP contribution in [0.1, 0.15) is 23.7 Å². The van der Waals surface area contributed by atoms with E-state index in [1.54, 1.807) is 0 Å². The number of carbonyl (C=O) groups is 1. The maximum atomic E-state index is 11.3. The highest BCUT2D eigenvalue weighted by atomic mass is 16.5. The molecule has 0 atom stereocenters. The molecule has 0 radical (unpaired) electrons. The third-order valence-corrected chi connectivity index (χ3v) is 1.72. The van der Waals surface area contributed by atoms with Gasteiger partial charge in [0.05, 0.1) is 6.61 Å². The summed E-state index contributed by atoms with van der Waals surface area (Å²) < 4.78 is 4.74. The molecule has 82 valence electrons. The summed E-state index contributed by atoms with van der Waals surface area (Å²) >= 11 is 0. The minimum atomic E-state index is -0.813. The van der Waals surface area contributed by atoms with Crippen molar-refractivity contribution in [1.29, 1.82) is 0 Å². The van der Waals surface area contributed by atoms with Crippen molar-refractivity contribution in [3.63, 3.8) is 0 Å². The number of hydrogen-bond acceptors (Lipinski definition) is 5. The van der Waals surface area contributed by atoms with Gasteiger partial charge in [-0.05, 0) is 6.42 Å². The van der Waals surface area contributed by atoms with Crippen LogP contribution < -0.4 is 0 Å². The Balaban J connectivity index is 2.98. The van der Waals surface area contributed by atoms with Crippen LogP contribution in [0.25, 0.3) is 0 Å². The van der Waals surface area contributed by atoms with Crippen molar-refractivity contribution < 1.29 is 24.9 Å². The van der Waals surface area contributed by atoms with E-state index in [-0.39, 0.29) is 17.9 Å². The van der Waals surface area contributed by atoms with Gasteiger partial charge in [-0.15, -0.1) is 0 Å². The number of phenolic OH excluding ortho intramolecular Hbond substituents is 3. The molecule has 1 aromatic carbocycles. The fraction of sp³-hybridized carbons (Fsp3) is 0.300. The fourth-order valence-corrected chi connectivity index (χ4v) is 1.07. The van der Waals surface area contributed by atoms with Gasteiger partial charge in [-0.1, -0.05) is 6.92 Å². The van der Waals surface area contributed by atoms with Crippen LogP contribution in [0.5, 0.6) is 17.2 Å². The number of hydrogen-bond donors (Lipinski definition) is 3. The van der Waals surface area contributed by atoms with Gasteiger partial charge in [-0.25, -0.2) is 4.79 Å². The molecule has 0 spiro atoms. The van der Waals surface area contributed by atoms with Gasteiger partial charge in [0, 0.05) is 12.1 Å². The second kappa shape index (κ2) is 4.54. The third kappa shape index (κ3) is 2.52. The molecule has 0 aromatic heterocycles. The van der Waals surface area contributed by atoms with Crippen LogP contribution in [0.15, 0.2) is 12.1 Å². The van der Waals surface area contributed by atoms with E-state index in [1.807, 2.05) is 6.92 Å². The third-order valence-electron chi connectivity index (χ3n) is 1.72. The summed E-state index contributed by atoms with van der Waals surface area (Å²) in [4.78, 5) is 11.3. The van der Waals surface area contributed by atoms with Crippen LogP contribution in [0.2, 0.25) is 0 Å². The fourth-order valence-electron chi connectivity index (χ4n) is 1.07. The Morgan fingerprint density at radius 1 is 1.27 bits per heavy atom. The Labute approximate surface area is 86.5 Å². The van der Waals surface area contributed by atoms with Gasteiger partial charge in [0.15, 0.2) is 0 Å². The van der Waals surface area contributed by atoms with Crippen molar-refractivity contribution >= 4 is 5.97 Å². The van der Waals surface area contributed by atoms with E-state index < -0.39 is 17.5 Å². The van der Waals surface area contributed by atoms with Gasteiger partial charge in [-0.2, -0.15) is 0 Å². The van der Waals surface area contributed by atoms with Crippen LogP contribution in [0.3, 0.4) is 0 Å². The SMILES string of the molecule is CCCOC(=O)c1c(O)cc(O)cc1O.